The molecule has 0 bridgehead atoms. The lowest BCUT2D eigenvalue weighted by molar-refractivity contribution is -0.102. The molecular weight excluding hydrogens is 524 g/mol. The third-order valence-electron chi connectivity index (χ3n) is 5.86. The first-order valence-corrected chi connectivity index (χ1v) is 23.6. The highest BCUT2D eigenvalue weighted by Gasteiger charge is 2.41. The monoisotopic (exact) mass is 576 g/mol. The van der Waals surface area contributed by atoms with E-state index in [2.05, 4.69) is 39.3 Å². The number of methoxy groups -OCH3 is 1. The van der Waals surface area contributed by atoms with Crippen molar-refractivity contribution in [1.82, 2.24) is 0 Å². The summed E-state index contributed by atoms with van der Waals surface area (Å²) in [6, 6.07) is 2.24. The summed E-state index contributed by atoms with van der Waals surface area (Å²) >= 11 is 0. The quantitative estimate of drug-likeness (QED) is 0.138. The summed E-state index contributed by atoms with van der Waals surface area (Å²) < 4.78 is 54.6. The molecule has 0 heterocycles. The second-order valence-electron chi connectivity index (χ2n) is 10.8. The maximum absolute atomic E-state index is 14.7. The summed E-state index contributed by atoms with van der Waals surface area (Å²) in [6.07, 6.45) is 2.07. The van der Waals surface area contributed by atoms with E-state index in [1.165, 1.54) is 21.3 Å². The van der Waals surface area contributed by atoms with Gasteiger partial charge >= 0.3 is 17.4 Å². The van der Waals surface area contributed by atoms with Crippen LogP contribution in [0.25, 0.3) is 0 Å². The zero-order valence-electron chi connectivity index (χ0n) is 24.0. The first kappa shape index (κ1) is 35.5. The third-order valence-corrected chi connectivity index (χ3v) is 20.2. The van der Waals surface area contributed by atoms with Crippen LogP contribution in [-0.4, -0.2) is 93.2 Å². The van der Waals surface area contributed by atoms with Crippen molar-refractivity contribution in [1.29, 1.82) is 0 Å². The van der Waals surface area contributed by atoms with Crippen molar-refractivity contribution >= 4 is 34.0 Å². The van der Waals surface area contributed by atoms with Gasteiger partial charge in [0.05, 0.1) is 13.2 Å². The van der Waals surface area contributed by atoms with Gasteiger partial charge in [-0.2, -0.15) is 0 Å². The molecule has 0 aromatic heterocycles. The summed E-state index contributed by atoms with van der Waals surface area (Å²) in [5.74, 6) is -2.22. The first-order valence-electron chi connectivity index (χ1n) is 12.6. The Balaban J connectivity index is 4.51. The maximum atomic E-state index is 14.7. The largest absolute Gasteiger partial charge is 0.500 e. The zero-order valence-corrected chi connectivity index (χ0v) is 28.0. The van der Waals surface area contributed by atoms with Crippen molar-refractivity contribution in [3.63, 3.8) is 0 Å². The molecule has 212 valence electrons. The number of rotatable bonds is 22. The second-order valence-corrected chi connectivity index (χ2v) is 26.3. The predicted molar refractivity (Wildman–Crippen MR) is 148 cm³/mol. The van der Waals surface area contributed by atoms with Crippen molar-refractivity contribution in [3.05, 3.63) is 0 Å². The van der Waals surface area contributed by atoms with E-state index in [1.807, 2.05) is 0 Å². The minimum Gasteiger partial charge on any atom is -0.437 e. The molecule has 1 N–H and O–H groups in total. The van der Waals surface area contributed by atoms with E-state index in [1.54, 1.807) is 7.11 Å². The standard InChI is InChI=1S/C22H53FO8Si4/c1-25-17-18-29-16-13-20-33(7,8)31-34(9,10)30-32(5,6)19-11-14-22(23,24)15-12-21-35(26-2,27-3)28-4/h24H,11-21H2,1-10H3. The van der Waals surface area contributed by atoms with Gasteiger partial charge in [-0.15, -0.1) is 0 Å². The fourth-order valence-corrected chi connectivity index (χ4v) is 20.1. The Morgan fingerprint density at radius 1 is 0.657 bits per heavy atom. The Hall–Kier alpha value is 0.478. The van der Waals surface area contributed by atoms with E-state index in [0.717, 1.165) is 18.5 Å². The van der Waals surface area contributed by atoms with E-state index >= 15 is 0 Å². The van der Waals surface area contributed by atoms with Gasteiger partial charge in [0.2, 0.25) is 5.85 Å². The van der Waals surface area contributed by atoms with Crippen molar-refractivity contribution in [2.75, 3.05) is 48.3 Å². The number of alkyl halides is 1. The van der Waals surface area contributed by atoms with Crippen molar-refractivity contribution < 1.29 is 40.5 Å². The molecule has 8 nitrogen and oxygen atoms in total. The molecule has 0 rings (SSSR count). The van der Waals surface area contributed by atoms with E-state index in [0.29, 0.717) is 38.7 Å². The third kappa shape index (κ3) is 16.8. The lowest BCUT2D eigenvalue weighted by Crippen LogP contribution is -2.52. The Bertz CT molecular complexity index is 555. The van der Waals surface area contributed by atoms with Crippen LogP contribution in [-0.2, 0) is 31.0 Å². The summed E-state index contributed by atoms with van der Waals surface area (Å²) in [6.45, 7) is 14.9. The highest BCUT2D eigenvalue weighted by molar-refractivity contribution is 6.87. The van der Waals surface area contributed by atoms with Crippen molar-refractivity contribution in [3.8, 4) is 0 Å². The summed E-state index contributed by atoms with van der Waals surface area (Å²) in [4.78, 5) is 0. The van der Waals surface area contributed by atoms with E-state index < -0.39 is 39.9 Å². The molecule has 0 saturated carbocycles. The second kappa shape index (κ2) is 16.4. The average Bonchev–Trinajstić information content (AvgIpc) is 2.72. The number of halogens is 1. The molecule has 0 aliphatic heterocycles. The van der Waals surface area contributed by atoms with E-state index in [9.17, 15) is 9.50 Å². The molecule has 0 saturated heterocycles. The zero-order chi connectivity index (χ0) is 27.2. The molecule has 0 amide bonds. The molecule has 35 heavy (non-hydrogen) atoms. The van der Waals surface area contributed by atoms with Gasteiger partial charge in [-0.1, -0.05) is 0 Å². The van der Waals surface area contributed by atoms with Crippen LogP contribution in [0, 0.1) is 0 Å². The van der Waals surface area contributed by atoms with Crippen LogP contribution in [0.3, 0.4) is 0 Å². The van der Waals surface area contributed by atoms with Crippen LogP contribution < -0.4 is 0 Å². The van der Waals surface area contributed by atoms with Crippen LogP contribution in [0.15, 0.2) is 0 Å². The van der Waals surface area contributed by atoms with E-state index in [-0.39, 0.29) is 12.8 Å². The van der Waals surface area contributed by atoms with E-state index in [4.69, 9.17) is 31.0 Å². The summed E-state index contributed by atoms with van der Waals surface area (Å²) in [7, 11) is -2.79. The Morgan fingerprint density at radius 3 is 1.57 bits per heavy atom. The Morgan fingerprint density at radius 2 is 1.11 bits per heavy atom. The van der Waals surface area contributed by atoms with Crippen molar-refractivity contribution in [2.24, 2.45) is 0 Å². The van der Waals surface area contributed by atoms with Gasteiger partial charge in [0.15, 0.2) is 16.6 Å². The summed E-state index contributed by atoms with van der Waals surface area (Å²) in [5, 5.41) is 10.2. The molecule has 0 fully saturated rings. The molecule has 0 aromatic carbocycles. The molecule has 0 radical (unpaired) electrons. The predicted octanol–water partition coefficient (Wildman–Crippen LogP) is 5.28. The number of ether oxygens (including phenoxy) is 2. The molecule has 0 aliphatic rings. The van der Waals surface area contributed by atoms with Gasteiger partial charge in [0.1, 0.15) is 0 Å². The minimum absolute atomic E-state index is 0.0268. The summed E-state index contributed by atoms with van der Waals surface area (Å²) in [5.41, 5.74) is 0. The highest BCUT2D eigenvalue weighted by atomic mass is 28.5. The first-order chi connectivity index (χ1) is 16.1. The van der Waals surface area contributed by atoms with Crippen LogP contribution in [0.5, 0.6) is 0 Å². The molecule has 1 atom stereocenters. The number of hydrogen-bond donors (Lipinski definition) is 1. The average molecular weight is 577 g/mol. The lowest BCUT2D eigenvalue weighted by atomic mass is 10.1. The Kier molecular flexibility index (Phi) is 16.7. The van der Waals surface area contributed by atoms with Crippen LogP contribution in [0.4, 0.5) is 4.39 Å². The van der Waals surface area contributed by atoms with Gasteiger partial charge < -0.3 is 36.1 Å². The number of hydrogen-bond acceptors (Lipinski definition) is 8. The van der Waals surface area contributed by atoms with Gasteiger partial charge in [0, 0.05) is 53.9 Å². The molecule has 0 aromatic rings. The van der Waals surface area contributed by atoms with Crippen LogP contribution in [0.1, 0.15) is 32.1 Å². The topological polar surface area (TPSA) is 84.8 Å². The van der Waals surface area contributed by atoms with Gasteiger partial charge in [-0.25, -0.2) is 4.39 Å². The SMILES string of the molecule is COCCOCCC[Si](C)(C)O[Si](C)(C)O[Si](C)(C)CCCC(O)(F)CCC[Si](OC)(OC)OC. The number of aliphatic hydroxyl groups is 1. The Labute approximate surface area is 218 Å². The van der Waals surface area contributed by atoms with Crippen molar-refractivity contribution in [2.45, 2.75) is 95.4 Å². The normalized spacial score (nSPS) is 15.4. The lowest BCUT2D eigenvalue weighted by Gasteiger charge is -2.39. The van der Waals surface area contributed by atoms with Gasteiger partial charge in [-0.05, 0) is 70.6 Å². The highest BCUT2D eigenvalue weighted by Crippen LogP contribution is 2.30. The van der Waals surface area contributed by atoms with Gasteiger partial charge in [0.25, 0.3) is 0 Å². The van der Waals surface area contributed by atoms with Crippen LogP contribution in [0.2, 0.25) is 57.4 Å². The fourth-order valence-electron chi connectivity index (χ4n) is 4.34. The molecule has 1 unspecified atom stereocenters. The molecule has 0 spiro atoms. The smallest absolute Gasteiger partial charge is 0.437 e. The minimum atomic E-state index is -2.75. The molecule has 13 heteroatoms. The molecule has 0 aliphatic carbocycles. The van der Waals surface area contributed by atoms with Gasteiger partial charge in [-0.3, -0.25) is 0 Å². The van der Waals surface area contributed by atoms with Crippen LogP contribution >= 0.6 is 0 Å². The maximum Gasteiger partial charge on any atom is 0.500 e. The fraction of sp³-hybridized carbons (Fsp3) is 1.00. The molecular formula is C22H53FO8Si4.